The summed E-state index contributed by atoms with van der Waals surface area (Å²) in [5.41, 5.74) is 0. The predicted octanol–water partition coefficient (Wildman–Crippen LogP) is 16.0. The Balaban J connectivity index is 4.50. The van der Waals surface area contributed by atoms with Crippen LogP contribution >= 0.6 is 0 Å². The summed E-state index contributed by atoms with van der Waals surface area (Å²) in [4.78, 5) is 37.8. The fourth-order valence-corrected chi connectivity index (χ4v) is 6.41. The van der Waals surface area contributed by atoms with Crippen LogP contribution in [0.2, 0.25) is 0 Å². The quantitative estimate of drug-likeness (QED) is 0.0263. The van der Waals surface area contributed by atoms with Crippen LogP contribution in [-0.2, 0) is 28.6 Å². The van der Waals surface area contributed by atoms with Crippen LogP contribution in [0.5, 0.6) is 0 Å². The third-order valence-electron chi connectivity index (χ3n) is 10.1. The van der Waals surface area contributed by atoms with E-state index < -0.39 is 6.10 Å². The van der Waals surface area contributed by atoms with Crippen molar-refractivity contribution < 1.29 is 28.6 Å². The largest absolute Gasteiger partial charge is 0.462 e. The molecule has 60 heavy (non-hydrogen) atoms. The van der Waals surface area contributed by atoms with Crippen molar-refractivity contribution in [2.75, 3.05) is 13.2 Å². The molecule has 0 aromatic carbocycles. The van der Waals surface area contributed by atoms with E-state index in [-0.39, 0.29) is 37.5 Å². The molecule has 1 atom stereocenters. The minimum atomic E-state index is -0.813. The number of esters is 3. The van der Waals surface area contributed by atoms with E-state index in [0.29, 0.717) is 19.3 Å². The zero-order valence-corrected chi connectivity index (χ0v) is 38.9. The lowest BCUT2D eigenvalue weighted by molar-refractivity contribution is -0.166. The van der Waals surface area contributed by atoms with Gasteiger partial charge in [-0.25, -0.2) is 0 Å². The zero-order chi connectivity index (χ0) is 43.7. The molecular formula is C54H90O6. The Morgan fingerprint density at radius 2 is 0.700 bits per heavy atom. The molecule has 0 aliphatic heterocycles. The van der Waals surface area contributed by atoms with Crippen LogP contribution in [-0.4, -0.2) is 37.2 Å². The van der Waals surface area contributed by atoms with Crippen molar-refractivity contribution in [2.45, 2.75) is 226 Å². The second-order valence-electron chi connectivity index (χ2n) is 16.0. The first-order valence-corrected chi connectivity index (χ1v) is 24.6. The molecule has 0 radical (unpaired) electrons. The molecule has 0 saturated heterocycles. The van der Waals surface area contributed by atoms with Crippen LogP contribution < -0.4 is 0 Å². The molecule has 1 unspecified atom stereocenters. The fourth-order valence-electron chi connectivity index (χ4n) is 6.41. The number of hydrogen-bond acceptors (Lipinski definition) is 6. The normalized spacial score (nSPS) is 12.8. The average Bonchev–Trinajstić information content (AvgIpc) is 3.24. The summed E-state index contributed by atoms with van der Waals surface area (Å²) >= 11 is 0. The lowest BCUT2D eigenvalue weighted by Crippen LogP contribution is -2.30. The maximum absolute atomic E-state index is 12.8. The average molecular weight is 835 g/mol. The van der Waals surface area contributed by atoms with Gasteiger partial charge in [-0.2, -0.15) is 0 Å². The Kier molecular flexibility index (Phi) is 45.5. The van der Waals surface area contributed by atoms with E-state index in [1.165, 1.54) is 70.6 Å². The van der Waals surface area contributed by atoms with Gasteiger partial charge in [-0.3, -0.25) is 14.4 Å². The fraction of sp³-hybridized carbons (Fsp3) is 0.685. The van der Waals surface area contributed by atoms with Gasteiger partial charge in [0.15, 0.2) is 6.10 Å². The Bertz CT molecular complexity index is 1190. The van der Waals surface area contributed by atoms with Crippen molar-refractivity contribution in [1.82, 2.24) is 0 Å². The number of carbonyl (C=O) groups excluding carboxylic acids is 3. The van der Waals surface area contributed by atoms with Crippen LogP contribution in [0.4, 0.5) is 0 Å². The molecule has 0 aromatic rings. The third kappa shape index (κ3) is 45.7. The van der Waals surface area contributed by atoms with Crippen LogP contribution in [0.25, 0.3) is 0 Å². The number of rotatable bonds is 43. The third-order valence-corrected chi connectivity index (χ3v) is 10.1. The van der Waals surface area contributed by atoms with Gasteiger partial charge in [0.1, 0.15) is 13.2 Å². The summed E-state index contributed by atoms with van der Waals surface area (Å²) in [6.45, 7) is 6.38. The van der Waals surface area contributed by atoms with Crippen molar-refractivity contribution in [3.8, 4) is 0 Å². The van der Waals surface area contributed by atoms with Crippen molar-refractivity contribution in [3.05, 3.63) is 85.1 Å². The van der Waals surface area contributed by atoms with E-state index in [0.717, 1.165) is 103 Å². The number of unbranched alkanes of at least 4 members (excludes halogenated alkanes) is 18. The lowest BCUT2D eigenvalue weighted by atomic mass is 10.1. The summed E-state index contributed by atoms with van der Waals surface area (Å²) in [7, 11) is 0. The Hall–Kier alpha value is -3.41. The van der Waals surface area contributed by atoms with Gasteiger partial charge < -0.3 is 14.2 Å². The SMILES string of the molecule is CC/C=C\C/C=C\C/C=C\C/C=C\C/C=C\CCC(=O)OCC(COC(=O)CCCCCC/C=C\CCCC)OC(=O)CCCCCCC/C=C\CCCCCCCCC. The molecule has 6 heteroatoms. The second-order valence-corrected chi connectivity index (χ2v) is 16.0. The molecule has 0 N–H and O–H groups in total. The molecule has 0 aliphatic rings. The van der Waals surface area contributed by atoms with Gasteiger partial charge in [0.25, 0.3) is 0 Å². The number of ether oxygens (including phenoxy) is 3. The molecule has 0 saturated carbocycles. The van der Waals surface area contributed by atoms with Crippen LogP contribution in [0, 0.1) is 0 Å². The van der Waals surface area contributed by atoms with Crippen molar-refractivity contribution in [1.29, 1.82) is 0 Å². The Morgan fingerprint density at radius 1 is 0.350 bits per heavy atom. The van der Waals surface area contributed by atoms with Crippen LogP contribution in [0.1, 0.15) is 220 Å². The first-order valence-electron chi connectivity index (χ1n) is 24.6. The smallest absolute Gasteiger partial charge is 0.306 e. The summed E-state index contributed by atoms with van der Waals surface area (Å²) in [5, 5.41) is 0. The predicted molar refractivity (Wildman–Crippen MR) is 256 cm³/mol. The van der Waals surface area contributed by atoms with Gasteiger partial charge in [0.2, 0.25) is 0 Å². The second kappa shape index (κ2) is 48.3. The molecule has 0 rings (SSSR count). The van der Waals surface area contributed by atoms with E-state index in [2.05, 4.69) is 93.7 Å². The lowest BCUT2D eigenvalue weighted by Gasteiger charge is -2.18. The highest BCUT2D eigenvalue weighted by Crippen LogP contribution is 2.13. The summed E-state index contributed by atoms with van der Waals surface area (Å²) in [5.74, 6) is -1.02. The molecule has 6 nitrogen and oxygen atoms in total. The first-order chi connectivity index (χ1) is 29.5. The molecule has 0 fully saturated rings. The highest BCUT2D eigenvalue weighted by Gasteiger charge is 2.19. The van der Waals surface area contributed by atoms with E-state index >= 15 is 0 Å². The molecule has 0 spiro atoms. The Labute approximate surface area is 369 Å². The summed E-state index contributed by atoms with van der Waals surface area (Å²) < 4.78 is 16.7. The van der Waals surface area contributed by atoms with Gasteiger partial charge in [0.05, 0.1) is 0 Å². The summed E-state index contributed by atoms with van der Waals surface area (Å²) in [6.07, 6.45) is 61.5. The van der Waals surface area contributed by atoms with Gasteiger partial charge in [0, 0.05) is 19.3 Å². The van der Waals surface area contributed by atoms with Crippen molar-refractivity contribution >= 4 is 17.9 Å². The number of allylic oxidation sites excluding steroid dienone is 14. The molecule has 0 aromatic heterocycles. The van der Waals surface area contributed by atoms with Crippen LogP contribution in [0.15, 0.2) is 85.1 Å². The molecular weight excluding hydrogens is 745 g/mol. The van der Waals surface area contributed by atoms with Crippen LogP contribution in [0.3, 0.4) is 0 Å². The van der Waals surface area contributed by atoms with Crippen molar-refractivity contribution in [3.63, 3.8) is 0 Å². The topological polar surface area (TPSA) is 78.9 Å². The minimum absolute atomic E-state index is 0.109. The minimum Gasteiger partial charge on any atom is -0.462 e. The molecule has 0 bridgehead atoms. The molecule has 342 valence electrons. The molecule has 0 heterocycles. The maximum Gasteiger partial charge on any atom is 0.306 e. The van der Waals surface area contributed by atoms with Gasteiger partial charge in [-0.05, 0) is 96.3 Å². The highest BCUT2D eigenvalue weighted by atomic mass is 16.6. The van der Waals surface area contributed by atoms with E-state index in [9.17, 15) is 14.4 Å². The van der Waals surface area contributed by atoms with Gasteiger partial charge in [-0.15, -0.1) is 0 Å². The monoisotopic (exact) mass is 835 g/mol. The first kappa shape index (κ1) is 56.6. The van der Waals surface area contributed by atoms with Crippen molar-refractivity contribution in [2.24, 2.45) is 0 Å². The Morgan fingerprint density at radius 3 is 1.17 bits per heavy atom. The molecule has 0 aliphatic carbocycles. The summed E-state index contributed by atoms with van der Waals surface area (Å²) in [6, 6.07) is 0. The highest BCUT2D eigenvalue weighted by molar-refractivity contribution is 5.71. The molecule has 0 amide bonds. The van der Waals surface area contributed by atoms with Gasteiger partial charge >= 0.3 is 17.9 Å². The number of carbonyl (C=O) groups is 3. The maximum atomic E-state index is 12.8. The standard InChI is InChI=1S/C54H90O6/c1-4-7-10-13-16-19-22-24-26-28-30-32-35-38-41-44-47-53(56)59-50-51(49-58-52(55)46-43-40-37-34-21-18-15-12-9-6-3)60-54(57)48-45-42-39-36-33-31-29-27-25-23-20-17-14-11-8-5-2/h7,10,15-16,18-19,24,26-27,29-30,32,38,41,51H,4-6,8-9,11-14,17,20-23,25,28,31,33-37,39-40,42-50H2,1-3H3/b10-7-,18-15-,19-16-,26-24-,29-27-,32-30-,41-38-. The zero-order valence-electron chi connectivity index (χ0n) is 38.9. The van der Waals surface area contributed by atoms with Gasteiger partial charge in [-0.1, -0.05) is 189 Å². The number of hydrogen-bond donors (Lipinski definition) is 0. The van der Waals surface area contributed by atoms with E-state index in [4.69, 9.17) is 14.2 Å². The van der Waals surface area contributed by atoms with E-state index in [1.807, 2.05) is 12.2 Å². The van der Waals surface area contributed by atoms with E-state index in [1.54, 1.807) is 0 Å².